The molecule has 2 aliphatic rings. The van der Waals surface area contributed by atoms with Gasteiger partial charge in [-0.15, -0.1) is 0 Å². The quantitative estimate of drug-likeness (QED) is 0.282. The molecule has 1 heterocycles. The molecule has 2 atom stereocenters. The number of Topliss-reactive ketones (excluding diaryl/α,β-unsaturated/α-hetero) is 1. The molecule has 1 aliphatic carbocycles. The van der Waals surface area contributed by atoms with Crippen molar-refractivity contribution in [3.05, 3.63) is 114 Å². The van der Waals surface area contributed by atoms with Gasteiger partial charge in [-0.05, 0) is 37.8 Å². The molecule has 184 valence electrons. The molecule has 0 spiro atoms. The van der Waals surface area contributed by atoms with Crippen LogP contribution < -0.4 is 0 Å². The molecule has 1 aliphatic heterocycles. The fraction of sp³-hybridized carbons (Fsp3) is 0.312. The summed E-state index contributed by atoms with van der Waals surface area (Å²) >= 11 is 0. The Morgan fingerprint density at radius 1 is 0.861 bits per heavy atom. The molecule has 0 radical (unpaired) electrons. The van der Waals surface area contributed by atoms with Crippen LogP contribution in [0.4, 0.5) is 0 Å². The first-order chi connectivity index (χ1) is 17.5. The van der Waals surface area contributed by atoms with E-state index in [4.69, 9.17) is 4.99 Å². The zero-order valence-corrected chi connectivity index (χ0v) is 21.3. The number of rotatable bonds is 7. The summed E-state index contributed by atoms with van der Waals surface area (Å²) < 4.78 is 0. The summed E-state index contributed by atoms with van der Waals surface area (Å²) in [4.78, 5) is 23.4. The molecule has 3 aromatic carbocycles. The highest BCUT2D eigenvalue weighted by Crippen LogP contribution is 2.38. The summed E-state index contributed by atoms with van der Waals surface area (Å²) in [6, 6.07) is 31.1. The Hall–Kier alpha value is -3.66. The molecule has 4 nitrogen and oxygen atoms in total. The number of carbonyl (C=O) groups excluding carboxylic acids is 1. The second-order valence-electron chi connectivity index (χ2n) is 10.3. The summed E-state index contributed by atoms with van der Waals surface area (Å²) in [6.45, 7) is 4.76. The summed E-state index contributed by atoms with van der Waals surface area (Å²) in [6.07, 6.45) is 8.81. The Balaban J connectivity index is 1.46. The fourth-order valence-electron chi connectivity index (χ4n) is 5.40. The standard InChI is InChI=1S/C32H35N3O/c1-32(2,31(36)27-18-10-5-11-19-27)34-23-30(26-16-8-4-9-17-26)35(24-34)29-21-13-12-20-28(29)33-22-25-14-6-3-7-15-25/h3-11,14-19,22-23,28-29H,12-13,20-21,24H2,1-2H3/t28-,29-/m1/s1. The first-order valence-electron chi connectivity index (χ1n) is 13.0. The highest BCUT2D eigenvalue weighted by Gasteiger charge is 2.41. The maximum absolute atomic E-state index is 13.6. The summed E-state index contributed by atoms with van der Waals surface area (Å²) in [5.74, 6) is 0.135. The molecule has 0 aromatic heterocycles. The predicted molar refractivity (Wildman–Crippen MR) is 148 cm³/mol. The lowest BCUT2D eigenvalue weighted by molar-refractivity contribution is 0.0659. The highest BCUT2D eigenvalue weighted by molar-refractivity contribution is 6.03. The average Bonchev–Trinajstić information content (AvgIpc) is 3.39. The van der Waals surface area contributed by atoms with Gasteiger partial charge >= 0.3 is 0 Å². The van der Waals surface area contributed by atoms with Gasteiger partial charge in [-0.3, -0.25) is 9.79 Å². The van der Waals surface area contributed by atoms with E-state index in [0.717, 1.165) is 24.0 Å². The van der Waals surface area contributed by atoms with Gasteiger partial charge in [0.2, 0.25) is 0 Å². The van der Waals surface area contributed by atoms with Crippen molar-refractivity contribution >= 4 is 17.7 Å². The first kappa shape index (κ1) is 24.1. The second-order valence-corrected chi connectivity index (χ2v) is 10.3. The van der Waals surface area contributed by atoms with Crippen LogP contribution in [0.5, 0.6) is 0 Å². The third kappa shape index (κ3) is 4.99. The molecule has 0 saturated heterocycles. The summed E-state index contributed by atoms with van der Waals surface area (Å²) in [7, 11) is 0. The van der Waals surface area contributed by atoms with E-state index in [1.165, 1.54) is 24.1 Å². The van der Waals surface area contributed by atoms with Gasteiger partial charge in [0.25, 0.3) is 0 Å². The van der Waals surface area contributed by atoms with Gasteiger partial charge in [-0.1, -0.05) is 104 Å². The largest absolute Gasteiger partial charge is 0.347 e. The normalized spacial score (nSPS) is 20.6. The molecule has 1 saturated carbocycles. The maximum atomic E-state index is 13.6. The molecule has 5 rings (SSSR count). The van der Waals surface area contributed by atoms with E-state index in [9.17, 15) is 4.79 Å². The molecule has 3 aromatic rings. The van der Waals surface area contributed by atoms with Gasteiger partial charge < -0.3 is 9.80 Å². The Bertz CT molecular complexity index is 1220. The number of ketones is 1. The van der Waals surface area contributed by atoms with Crippen LogP contribution in [0.3, 0.4) is 0 Å². The van der Waals surface area contributed by atoms with Gasteiger partial charge in [0, 0.05) is 18.0 Å². The van der Waals surface area contributed by atoms with Crippen molar-refractivity contribution in [1.82, 2.24) is 9.80 Å². The Morgan fingerprint density at radius 2 is 1.47 bits per heavy atom. The van der Waals surface area contributed by atoms with Crippen molar-refractivity contribution in [2.45, 2.75) is 57.2 Å². The van der Waals surface area contributed by atoms with Crippen LogP contribution in [-0.2, 0) is 0 Å². The topological polar surface area (TPSA) is 35.9 Å². The van der Waals surface area contributed by atoms with E-state index in [1.54, 1.807) is 0 Å². The smallest absolute Gasteiger partial charge is 0.187 e. The van der Waals surface area contributed by atoms with Gasteiger partial charge in [-0.2, -0.15) is 0 Å². The third-order valence-corrected chi connectivity index (χ3v) is 7.58. The monoisotopic (exact) mass is 477 g/mol. The molecule has 0 amide bonds. The van der Waals surface area contributed by atoms with Crippen LogP contribution in [0.25, 0.3) is 5.70 Å². The minimum absolute atomic E-state index is 0.135. The lowest BCUT2D eigenvalue weighted by Crippen LogP contribution is -2.51. The number of hydrogen-bond acceptors (Lipinski definition) is 4. The number of benzene rings is 3. The zero-order chi connectivity index (χ0) is 25.0. The van der Waals surface area contributed by atoms with Gasteiger partial charge in [-0.25, -0.2) is 0 Å². The molecule has 0 bridgehead atoms. The van der Waals surface area contributed by atoms with E-state index in [1.807, 2.05) is 56.5 Å². The molecule has 4 heteroatoms. The van der Waals surface area contributed by atoms with Crippen molar-refractivity contribution < 1.29 is 4.79 Å². The SMILES string of the molecule is CC(C)(C(=O)c1ccccc1)N1C=C(c2ccccc2)N([C@@H]2CCCC[C@H]2N=Cc2ccccc2)C1. The van der Waals surface area contributed by atoms with Gasteiger partial charge in [0.05, 0.1) is 30.0 Å². The van der Waals surface area contributed by atoms with Crippen molar-refractivity contribution in [3.63, 3.8) is 0 Å². The van der Waals surface area contributed by atoms with Crippen LogP contribution in [-0.4, -0.2) is 46.1 Å². The minimum atomic E-state index is -0.673. The van der Waals surface area contributed by atoms with E-state index >= 15 is 0 Å². The summed E-state index contributed by atoms with van der Waals surface area (Å²) in [5.41, 5.74) is 3.57. The average molecular weight is 478 g/mol. The third-order valence-electron chi connectivity index (χ3n) is 7.58. The minimum Gasteiger partial charge on any atom is -0.347 e. The summed E-state index contributed by atoms with van der Waals surface area (Å²) in [5, 5.41) is 0. The van der Waals surface area contributed by atoms with Crippen LogP contribution in [0, 0.1) is 0 Å². The lowest BCUT2D eigenvalue weighted by Gasteiger charge is -2.41. The van der Waals surface area contributed by atoms with Crippen LogP contribution in [0.15, 0.2) is 102 Å². The van der Waals surface area contributed by atoms with Crippen molar-refractivity contribution in [3.8, 4) is 0 Å². The van der Waals surface area contributed by atoms with E-state index in [2.05, 4.69) is 70.6 Å². The Labute approximate surface area is 215 Å². The Morgan fingerprint density at radius 3 is 2.17 bits per heavy atom. The number of nitrogens with zero attached hydrogens (tertiary/aromatic N) is 3. The lowest BCUT2D eigenvalue weighted by atomic mass is 9.89. The van der Waals surface area contributed by atoms with Crippen molar-refractivity contribution in [1.29, 1.82) is 0 Å². The molecular weight excluding hydrogens is 442 g/mol. The number of aliphatic imine (C=N–C) groups is 1. The first-order valence-corrected chi connectivity index (χ1v) is 13.0. The fourth-order valence-corrected chi connectivity index (χ4v) is 5.40. The second kappa shape index (κ2) is 10.5. The number of hydrogen-bond donors (Lipinski definition) is 0. The van der Waals surface area contributed by atoms with E-state index in [-0.39, 0.29) is 17.9 Å². The molecular formula is C32H35N3O. The molecule has 0 N–H and O–H groups in total. The van der Waals surface area contributed by atoms with Gasteiger partial charge in [0.1, 0.15) is 0 Å². The maximum Gasteiger partial charge on any atom is 0.187 e. The van der Waals surface area contributed by atoms with Crippen LogP contribution >= 0.6 is 0 Å². The molecule has 36 heavy (non-hydrogen) atoms. The number of carbonyl (C=O) groups is 1. The van der Waals surface area contributed by atoms with E-state index in [0.29, 0.717) is 6.67 Å². The zero-order valence-electron chi connectivity index (χ0n) is 21.3. The van der Waals surface area contributed by atoms with Crippen LogP contribution in [0.2, 0.25) is 0 Å². The molecule has 0 unspecified atom stereocenters. The Kier molecular flexibility index (Phi) is 7.04. The van der Waals surface area contributed by atoms with Gasteiger partial charge in [0.15, 0.2) is 5.78 Å². The van der Waals surface area contributed by atoms with E-state index < -0.39 is 5.54 Å². The van der Waals surface area contributed by atoms with Crippen molar-refractivity contribution in [2.75, 3.05) is 6.67 Å². The van der Waals surface area contributed by atoms with Crippen molar-refractivity contribution in [2.24, 2.45) is 4.99 Å². The molecule has 1 fully saturated rings. The highest BCUT2D eigenvalue weighted by atomic mass is 16.1. The van der Waals surface area contributed by atoms with Crippen LogP contribution in [0.1, 0.15) is 61.0 Å². The predicted octanol–water partition coefficient (Wildman–Crippen LogP) is 6.65.